The maximum Gasteiger partial charge on any atom is 0.329 e. The van der Waals surface area contributed by atoms with E-state index in [0.717, 1.165) is 10.5 Å². The second-order valence-electron chi connectivity index (χ2n) is 3.47. The molecule has 0 saturated heterocycles. The van der Waals surface area contributed by atoms with Gasteiger partial charge in [0.1, 0.15) is 0 Å². The Morgan fingerprint density at radius 3 is 2.58 bits per heavy atom. The van der Waals surface area contributed by atoms with Gasteiger partial charge >= 0.3 is 11.8 Å². The third-order valence-corrected chi connectivity index (χ3v) is 2.85. The molecule has 2 N–H and O–H groups in total. The molecule has 0 unspecified atom stereocenters. The maximum atomic E-state index is 11.3. The highest BCUT2D eigenvalue weighted by Gasteiger charge is 2.10. The first-order chi connectivity index (χ1) is 9.17. The largest absolute Gasteiger partial charge is 0.344 e. The number of hydrogen-bond donors (Lipinski definition) is 2. The molecule has 0 aliphatic rings. The van der Waals surface area contributed by atoms with E-state index in [1.165, 1.54) is 12.3 Å². The van der Waals surface area contributed by atoms with E-state index in [2.05, 4.69) is 22.4 Å². The average molecular weight is 277 g/mol. The fourth-order valence-corrected chi connectivity index (χ4v) is 1.56. The zero-order valence-corrected chi connectivity index (χ0v) is 11.4. The van der Waals surface area contributed by atoms with E-state index < -0.39 is 11.8 Å². The van der Waals surface area contributed by atoms with Crippen molar-refractivity contribution in [2.24, 2.45) is 5.10 Å². The minimum Gasteiger partial charge on any atom is -0.344 e. The van der Waals surface area contributed by atoms with Crippen LogP contribution in [0.25, 0.3) is 0 Å². The minimum absolute atomic E-state index is 0.242. The predicted octanol–water partition coefficient (Wildman–Crippen LogP) is 1.16. The molecule has 5 nitrogen and oxygen atoms in total. The Hall–Kier alpha value is -2.08. The van der Waals surface area contributed by atoms with Crippen molar-refractivity contribution in [1.29, 1.82) is 0 Å². The number of benzene rings is 1. The highest BCUT2D eigenvalue weighted by Crippen LogP contribution is 2.13. The van der Waals surface area contributed by atoms with E-state index in [1.807, 2.05) is 30.5 Å². The summed E-state index contributed by atoms with van der Waals surface area (Å²) >= 11 is 1.64. The van der Waals surface area contributed by atoms with Gasteiger partial charge in [-0.2, -0.15) is 5.10 Å². The summed E-state index contributed by atoms with van der Waals surface area (Å²) in [7, 11) is 0. The zero-order chi connectivity index (χ0) is 14.1. The van der Waals surface area contributed by atoms with Gasteiger partial charge in [0.05, 0.1) is 6.21 Å². The summed E-state index contributed by atoms with van der Waals surface area (Å²) < 4.78 is 0. The molecule has 1 aromatic rings. The van der Waals surface area contributed by atoms with Crippen LogP contribution in [0.2, 0.25) is 0 Å². The van der Waals surface area contributed by atoms with Crippen LogP contribution in [0.3, 0.4) is 0 Å². The third kappa shape index (κ3) is 5.39. The Morgan fingerprint density at radius 2 is 2.00 bits per heavy atom. The Labute approximate surface area is 116 Å². The number of hydrogen-bond acceptors (Lipinski definition) is 4. The van der Waals surface area contributed by atoms with Crippen LogP contribution in [-0.2, 0) is 9.59 Å². The van der Waals surface area contributed by atoms with Gasteiger partial charge in [0.15, 0.2) is 0 Å². The van der Waals surface area contributed by atoms with Gasteiger partial charge in [0.25, 0.3) is 0 Å². The second kappa shape index (κ2) is 8.10. The van der Waals surface area contributed by atoms with Crippen LogP contribution in [0.4, 0.5) is 0 Å². The van der Waals surface area contributed by atoms with E-state index >= 15 is 0 Å². The van der Waals surface area contributed by atoms with E-state index in [1.54, 1.807) is 11.8 Å². The van der Waals surface area contributed by atoms with Crippen LogP contribution in [0.5, 0.6) is 0 Å². The molecular weight excluding hydrogens is 262 g/mol. The van der Waals surface area contributed by atoms with Crippen molar-refractivity contribution in [3.8, 4) is 0 Å². The van der Waals surface area contributed by atoms with E-state index in [4.69, 9.17) is 0 Å². The van der Waals surface area contributed by atoms with Crippen molar-refractivity contribution in [1.82, 2.24) is 10.7 Å². The molecule has 0 atom stereocenters. The van der Waals surface area contributed by atoms with E-state index in [-0.39, 0.29) is 6.54 Å². The number of carbonyl (C=O) groups is 2. The summed E-state index contributed by atoms with van der Waals surface area (Å²) in [4.78, 5) is 23.6. The smallest absolute Gasteiger partial charge is 0.329 e. The van der Waals surface area contributed by atoms with Crippen LogP contribution in [0, 0.1) is 0 Å². The van der Waals surface area contributed by atoms with Gasteiger partial charge in [-0.05, 0) is 24.0 Å². The van der Waals surface area contributed by atoms with E-state index in [9.17, 15) is 9.59 Å². The summed E-state index contributed by atoms with van der Waals surface area (Å²) in [6.45, 7) is 3.67. The molecule has 0 aromatic heterocycles. The van der Waals surface area contributed by atoms with Crippen molar-refractivity contribution in [2.75, 3.05) is 12.8 Å². The molecule has 6 heteroatoms. The molecular formula is C13H15N3O2S. The van der Waals surface area contributed by atoms with Gasteiger partial charge < -0.3 is 5.32 Å². The lowest BCUT2D eigenvalue weighted by Gasteiger charge is -2.00. The number of hydrazone groups is 1. The van der Waals surface area contributed by atoms with E-state index in [0.29, 0.717) is 0 Å². The Bertz CT molecular complexity index is 483. The minimum atomic E-state index is -0.807. The lowest BCUT2D eigenvalue weighted by Crippen LogP contribution is -2.37. The topological polar surface area (TPSA) is 70.6 Å². The lowest BCUT2D eigenvalue weighted by molar-refractivity contribution is -0.139. The van der Waals surface area contributed by atoms with Gasteiger partial charge in [0, 0.05) is 11.4 Å². The normalized spacial score (nSPS) is 10.2. The van der Waals surface area contributed by atoms with Crippen molar-refractivity contribution >= 4 is 29.8 Å². The molecule has 19 heavy (non-hydrogen) atoms. The zero-order valence-electron chi connectivity index (χ0n) is 10.6. The van der Waals surface area contributed by atoms with Crippen LogP contribution in [0.15, 0.2) is 46.9 Å². The van der Waals surface area contributed by atoms with Crippen LogP contribution < -0.4 is 10.7 Å². The van der Waals surface area contributed by atoms with Gasteiger partial charge in [-0.15, -0.1) is 18.3 Å². The molecule has 0 fully saturated rings. The van der Waals surface area contributed by atoms with Crippen molar-refractivity contribution in [2.45, 2.75) is 4.90 Å². The highest BCUT2D eigenvalue weighted by molar-refractivity contribution is 7.98. The van der Waals surface area contributed by atoms with Gasteiger partial charge in [-0.1, -0.05) is 18.2 Å². The molecule has 0 radical (unpaired) electrons. The van der Waals surface area contributed by atoms with Crippen molar-refractivity contribution < 1.29 is 9.59 Å². The molecule has 100 valence electrons. The fraction of sp³-hybridized carbons (Fsp3) is 0.154. The Kier molecular flexibility index (Phi) is 6.38. The quantitative estimate of drug-likeness (QED) is 0.279. The number of rotatable bonds is 5. The first-order valence-electron chi connectivity index (χ1n) is 5.53. The van der Waals surface area contributed by atoms with Gasteiger partial charge in [-0.25, -0.2) is 5.43 Å². The average Bonchev–Trinajstić information content (AvgIpc) is 2.45. The van der Waals surface area contributed by atoms with Crippen molar-refractivity contribution in [3.63, 3.8) is 0 Å². The monoisotopic (exact) mass is 277 g/mol. The van der Waals surface area contributed by atoms with Gasteiger partial charge in [-0.3, -0.25) is 9.59 Å². The van der Waals surface area contributed by atoms with Crippen LogP contribution >= 0.6 is 11.8 Å². The van der Waals surface area contributed by atoms with Crippen molar-refractivity contribution in [3.05, 3.63) is 42.5 Å². The third-order valence-electron chi connectivity index (χ3n) is 2.11. The first kappa shape index (κ1) is 15.0. The predicted molar refractivity (Wildman–Crippen MR) is 77.2 cm³/mol. The molecule has 0 aliphatic heterocycles. The molecule has 0 bridgehead atoms. The molecule has 1 aromatic carbocycles. The molecule has 0 spiro atoms. The Balaban J connectivity index is 2.46. The number of nitrogens with zero attached hydrogens (tertiary/aromatic N) is 1. The van der Waals surface area contributed by atoms with Crippen LogP contribution in [-0.4, -0.2) is 30.8 Å². The Morgan fingerprint density at radius 1 is 1.32 bits per heavy atom. The summed E-state index contributed by atoms with van der Waals surface area (Å²) in [5.41, 5.74) is 2.98. The highest BCUT2D eigenvalue weighted by atomic mass is 32.2. The summed E-state index contributed by atoms with van der Waals surface area (Å²) in [5.74, 6) is -1.55. The molecule has 0 heterocycles. The molecule has 0 saturated carbocycles. The first-order valence-corrected chi connectivity index (χ1v) is 6.76. The number of thioether (sulfide) groups is 1. The number of carbonyl (C=O) groups excluding carboxylic acids is 2. The SMILES string of the molecule is C=CCNC(=O)C(=O)N/N=C\c1ccc(SC)cc1. The molecule has 1 rings (SSSR count). The second-order valence-corrected chi connectivity index (χ2v) is 4.35. The maximum absolute atomic E-state index is 11.3. The summed E-state index contributed by atoms with van der Waals surface area (Å²) in [6.07, 6.45) is 4.95. The lowest BCUT2D eigenvalue weighted by atomic mass is 10.2. The molecule has 2 amide bonds. The number of nitrogens with one attached hydrogen (secondary N) is 2. The summed E-state index contributed by atoms with van der Waals surface area (Å²) in [6, 6.07) is 7.65. The standard InChI is InChI=1S/C13H15N3O2S/c1-3-8-14-12(17)13(18)16-15-9-10-4-6-11(19-2)7-5-10/h3-7,9H,1,8H2,2H3,(H,14,17)(H,16,18)/b15-9-. The van der Waals surface area contributed by atoms with Gasteiger partial charge in [0.2, 0.25) is 0 Å². The summed E-state index contributed by atoms with van der Waals surface area (Å²) in [5, 5.41) is 6.06. The fourth-order valence-electron chi connectivity index (χ4n) is 1.15. The van der Waals surface area contributed by atoms with Crippen LogP contribution in [0.1, 0.15) is 5.56 Å². The molecule has 0 aliphatic carbocycles. The number of amides is 2.